The van der Waals surface area contributed by atoms with Gasteiger partial charge in [0, 0.05) is 13.1 Å². The molecule has 1 N–H and O–H groups in total. The highest BCUT2D eigenvalue weighted by Gasteiger charge is 2.13. The largest absolute Gasteiger partial charge is 0.311 e. The summed E-state index contributed by atoms with van der Waals surface area (Å²) in [5.74, 6) is 1.27. The minimum Gasteiger partial charge on any atom is -0.311 e. The lowest BCUT2D eigenvalue weighted by molar-refractivity contribution is 0.562. The molecule has 0 saturated carbocycles. The maximum Gasteiger partial charge on any atom is 0.0863 e. The summed E-state index contributed by atoms with van der Waals surface area (Å²) in [6.45, 7) is 6.96. The van der Waals surface area contributed by atoms with Crippen LogP contribution in [0.5, 0.6) is 0 Å². The second-order valence-corrected chi connectivity index (χ2v) is 5.97. The van der Waals surface area contributed by atoms with Crippen LogP contribution in [0.2, 0.25) is 5.02 Å². The van der Waals surface area contributed by atoms with E-state index in [-0.39, 0.29) is 0 Å². The first-order valence-corrected chi connectivity index (χ1v) is 8.95. The lowest BCUT2D eigenvalue weighted by atomic mass is 10.2. The molecule has 0 aliphatic carbocycles. The third-order valence-corrected chi connectivity index (χ3v) is 4.32. The highest BCUT2D eigenvalue weighted by molar-refractivity contribution is 7.98. The molecule has 0 aliphatic rings. The van der Waals surface area contributed by atoms with E-state index in [0.717, 1.165) is 42.5 Å². The van der Waals surface area contributed by atoms with Crippen molar-refractivity contribution in [2.24, 2.45) is 0 Å². The van der Waals surface area contributed by atoms with Crippen LogP contribution in [0, 0.1) is 0 Å². The van der Waals surface area contributed by atoms with Crippen LogP contribution in [-0.2, 0) is 19.5 Å². The molecule has 0 unspecified atom stereocenters. The van der Waals surface area contributed by atoms with Crippen molar-refractivity contribution < 1.29 is 0 Å². The average molecular weight is 304 g/mol. The Hall–Kier alpha value is -0.190. The number of nitrogens with zero attached hydrogens (tertiary/aromatic N) is 2. The Morgan fingerprint density at radius 3 is 2.68 bits per heavy atom. The van der Waals surface area contributed by atoms with Gasteiger partial charge in [-0.05, 0) is 44.7 Å². The maximum atomic E-state index is 6.36. The topological polar surface area (TPSA) is 29.9 Å². The molecule has 0 radical (unpaired) electrons. The van der Waals surface area contributed by atoms with Crippen LogP contribution < -0.4 is 5.32 Å². The Balaban J connectivity index is 2.34. The predicted octanol–water partition coefficient (Wildman–Crippen LogP) is 3.74. The quantitative estimate of drug-likeness (QED) is 0.668. The first kappa shape index (κ1) is 16.9. The molecule has 1 aromatic heterocycles. The Morgan fingerprint density at radius 1 is 1.26 bits per heavy atom. The van der Waals surface area contributed by atoms with Gasteiger partial charge in [-0.1, -0.05) is 24.9 Å². The Bertz CT molecular complexity index is 366. The monoisotopic (exact) mass is 303 g/mol. The number of nitrogens with one attached hydrogen (secondary N) is 1. The molecule has 0 spiro atoms. The number of halogens is 1. The van der Waals surface area contributed by atoms with Gasteiger partial charge < -0.3 is 5.32 Å². The summed E-state index contributed by atoms with van der Waals surface area (Å²) >= 11 is 8.29. The van der Waals surface area contributed by atoms with Crippen molar-refractivity contribution in [3.63, 3.8) is 0 Å². The molecule has 5 heteroatoms. The lowest BCUT2D eigenvalue weighted by Crippen LogP contribution is -2.18. The van der Waals surface area contributed by atoms with E-state index in [0.29, 0.717) is 0 Å². The summed E-state index contributed by atoms with van der Waals surface area (Å²) in [6.07, 6.45) is 6.91. The zero-order chi connectivity index (χ0) is 14.1. The molecule has 0 fully saturated rings. The van der Waals surface area contributed by atoms with E-state index in [4.69, 9.17) is 11.6 Å². The van der Waals surface area contributed by atoms with E-state index in [2.05, 4.69) is 30.5 Å². The second kappa shape index (κ2) is 9.67. The summed E-state index contributed by atoms with van der Waals surface area (Å²) in [6, 6.07) is 0. The van der Waals surface area contributed by atoms with Gasteiger partial charge in [-0.3, -0.25) is 4.68 Å². The number of hydrogen-bond donors (Lipinski definition) is 1. The fraction of sp³-hybridized carbons (Fsp3) is 0.786. The molecular formula is C14H26ClN3S. The number of aromatic nitrogens is 2. The van der Waals surface area contributed by atoms with Crippen molar-refractivity contribution in [1.29, 1.82) is 0 Å². The van der Waals surface area contributed by atoms with Gasteiger partial charge in [0.25, 0.3) is 0 Å². The van der Waals surface area contributed by atoms with Crippen molar-refractivity contribution in [3.8, 4) is 0 Å². The normalized spacial score (nSPS) is 11.2. The third-order valence-electron chi connectivity index (χ3n) is 3.19. The lowest BCUT2D eigenvalue weighted by Gasteiger charge is -2.07. The molecule has 0 atom stereocenters. The molecule has 110 valence electrons. The second-order valence-electron chi connectivity index (χ2n) is 4.61. The molecule has 0 bridgehead atoms. The number of aryl methyl sites for hydroxylation is 2. The van der Waals surface area contributed by atoms with Crippen molar-refractivity contribution in [3.05, 3.63) is 16.4 Å². The van der Waals surface area contributed by atoms with Crippen molar-refractivity contribution in [2.45, 2.75) is 52.6 Å². The molecule has 1 aromatic rings. The SMILES string of the molecule is CCc1nn(CC)c(CNCCCCCSC)c1Cl. The van der Waals surface area contributed by atoms with Crippen LogP contribution in [0.1, 0.15) is 44.5 Å². The first-order chi connectivity index (χ1) is 9.24. The first-order valence-electron chi connectivity index (χ1n) is 7.18. The predicted molar refractivity (Wildman–Crippen MR) is 86.2 cm³/mol. The van der Waals surface area contributed by atoms with Gasteiger partial charge in [-0.15, -0.1) is 0 Å². The smallest absolute Gasteiger partial charge is 0.0863 e. The van der Waals surface area contributed by atoms with Crippen LogP contribution in [-0.4, -0.2) is 28.3 Å². The minimum atomic E-state index is 0.822. The number of hydrogen-bond acceptors (Lipinski definition) is 3. The Labute approximate surface area is 126 Å². The zero-order valence-electron chi connectivity index (χ0n) is 12.3. The third kappa shape index (κ3) is 5.36. The van der Waals surface area contributed by atoms with Gasteiger partial charge in [0.15, 0.2) is 0 Å². The van der Waals surface area contributed by atoms with Crippen LogP contribution in [0.15, 0.2) is 0 Å². The van der Waals surface area contributed by atoms with Crippen LogP contribution in [0.3, 0.4) is 0 Å². The standard InChI is InChI=1S/C14H26ClN3S/c1-4-12-14(15)13(18(5-2)17-12)11-16-9-7-6-8-10-19-3/h16H,4-11H2,1-3H3. The number of rotatable bonds is 10. The van der Waals surface area contributed by atoms with Gasteiger partial charge in [-0.25, -0.2) is 0 Å². The summed E-state index contributed by atoms with van der Waals surface area (Å²) in [5.41, 5.74) is 2.14. The summed E-state index contributed by atoms with van der Waals surface area (Å²) in [7, 11) is 0. The van der Waals surface area contributed by atoms with Crippen LogP contribution >= 0.6 is 23.4 Å². The highest BCUT2D eigenvalue weighted by Crippen LogP contribution is 2.21. The minimum absolute atomic E-state index is 0.822. The highest BCUT2D eigenvalue weighted by atomic mass is 35.5. The molecular weight excluding hydrogens is 278 g/mol. The zero-order valence-corrected chi connectivity index (χ0v) is 13.9. The molecule has 3 nitrogen and oxygen atoms in total. The fourth-order valence-corrected chi connectivity index (χ4v) is 2.89. The van der Waals surface area contributed by atoms with Crippen molar-refractivity contribution in [1.82, 2.24) is 15.1 Å². The van der Waals surface area contributed by atoms with Crippen LogP contribution in [0.4, 0.5) is 0 Å². The molecule has 19 heavy (non-hydrogen) atoms. The Morgan fingerprint density at radius 2 is 2.05 bits per heavy atom. The fourth-order valence-electron chi connectivity index (χ4n) is 2.07. The van der Waals surface area contributed by atoms with Gasteiger partial charge in [0.05, 0.1) is 16.4 Å². The van der Waals surface area contributed by atoms with Gasteiger partial charge in [-0.2, -0.15) is 16.9 Å². The number of thioether (sulfide) groups is 1. The molecule has 0 saturated heterocycles. The maximum absolute atomic E-state index is 6.36. The van der Waals surface area contributed by atoms with Crippen molar-refractivity contribution in [2.75, 3.05) is 18.6 Å². The van der Waals surface area contributed by atoms with E-state index in [1.165, 1.54) is 25.0 Å². The van der Waals surface area contributed by atoms with Gasteiger partial charge >= 0.3 is 0 Å². The summed E-state index contributed by atoms with van der Waals surface area (Å²) < 4.78 is 2.02. The molecule has 0 amide bonds. The van der Waals surface area contributed by atoms with E-state index < -0.39 is 0 Å². The van der Waals surface area contributed by atoms with E-state index in [1.54, 1.807) is 0 Å². The van der Waals surface area contributed by atoms with Gasteiger partial charge in [0.1, 0.15) is 0 Å². The molecule has 0 aliphatic heterocycles. The number of unbranched alkanes of at least 4 members (excludes halogenated alkanes) is 2. The molecule has 1 rings (SSSR count). The van der Waals surface area contributed by atoms with E-state index >= 15 is 0 Å². The van der Waals surface area contributed by atoms with Crippen molar-refractivity contribution >= 4 is 23.4 Å². The van der Waals surface area contributed by atoms with Gasteiger partial charge in [0.2, 0.25) is 0 Å². The summed E-state index contributed by atoms with van der Waals surface area (Å²) in [5, 5.41) is 8.85. The molecule has 1 heterocycles. The Kier molecular flexibility index (Phi) is 8.58. The van der Waals surface area contributed by atoms with E-state index in [9.17, 15) is 0 Å². The molecule has 0 aromatic carbocycles. The summed E-state index contributed by atoms with van der Waals surface area (Å²) in [4.78, 5) is 0. The average Bonchev–Trinajstić information content (AvgIpc) is 2.74. The van der Waals surface area contributed by atoms with Crippen LogP contribution in [0.25, 0.3) is 0 Å². The van der Waals surface area contributed by atoms with E-state index in [1.807, 2.05) is 16.4 Å².